The number of ether oxygens (including phenoxy) is 2. The lowest BCUT2D eigenvalue weighted by molar-refractivity contribution is -0.274. The van der Waals surface area contributed by atoms with E-state index in [1.54, 1.807) is 4.90 Å². The van der Waals surface area contributed by atoms with Crippen LogP contribution in [0.3, 0.4) is 0 Å². The average molecular weight is 449 g/mol. The molecule has 2 aliphatic rings. The molecule has 2 fully saturated rings. The number of nitrogens with two attached hydrogens (primary N) is 1. The van der Waals surface area contributed by atoms with Crippen molar-refractivity contribution in [1.29, 1.82) is 0 Å². The third kappa shape index (κ3) is 4.74. The summed E-state index contributed by atoms with van der Waals surface area (Å²) in [5, 5.41) is 2.67. The lowest BCUT2D eigenvalue weighted by atomic mass is 9.78. The topological polar surface area (TPSA) is 93.9 Å². The second-order valence-corrected chi connectivity index (χ2v) is 8.03. The fourth-order valence-electron chi connectivity index (χ4n) is 4.18. The van der Waals surface area contributed by atoms with Crippen LogP contribution >= 0.6 is 0 Å². The van der Waals surface area contributed by atoms with E-state index < -0.39 is 23.8 Å². The predicted molar refractivity (Wildman–Crippen MR) is 111 cm³/mol. The maximum absolute atomic E-state index is 12.7. The molecule has 1 spiro atoms. The molecule has 1 aliphatic carbocycles. The van der Waals surface area contributed by atoms with Crippen LogP contribution < -0.4 is 20.7 Å². The Morgan fingerprint density at radius 1 is 1.16 bits per heavy atom. The van der Waals surface area contributed by atoms with Gasteiger partial charge in [-0.3, -0.25) is 9.69 Å². The number of anilines is 3. The number of alkyl halides is 3. The Bertz CT molecular complexity index is 1010. The van der Waals surface area contributed by atoms with Crippen molar-refractivity contribution >= 4 is 29.1 Å². The fraction of sp³-hybridized carbons (Fsp3) is 0.364. The highest BCUT2D eigenvalue weighted by Gasteiger charge is 2.48. The number of nitrogens with zero attached hydrogens (tertiary/aromatic N) is 1. The van der Waals surface area contributed by atoms with Gasteiger partial charge in [-0.15, -0.1) is 13.2 Å². The van der Waals surface area contributed by atoms with Crippen LogP contribution in [0.15, 0.2) is 48.5 Å². The second kappa shape index (κ2) is 8.25. The van der Waals surface area contributed by atoms with Crippen LogP contribution in [0.2, 0.25) is 0 Å². The molecule has 0 aromatic heterocycles. The van der Waals surface area contributed by atoms with E-state index in [0.717, 1.165) is 17.8 Å². The van der Waals surface area contributed by atoms with Gasteiger partial charge in [0.2, 0.25) is 5.91 Å². The minimum Gasteiger partial charge on any atom is -0.441 e. The second-order valence-electron chi connectivity index (χ2n) is 8.03. The van der Waals surface area contributed by atoms with Crippen LogP contribution in [0.25, 0.3) is 0 Å². The van der Waals surface area contributed by atoms with Gasteiger partial charge in [0.05, 0.1) is 17.9 Å². The van der Waals surface area contributed by atoms with Gasteiger partial charge in [-0.2, -0.15) is 0 Å². The number of benzene rings is 2. The summed E-state index contributed by atoms with van der Waals surface area (Å²) in [4.78, 5) is 26.7. The molecular weight excluding hydrogens is 427 g/mol. The molecule has 3 N–H and O–H groups in total. The number of rotatable bonds is 4. The lowest BCUT2D eigenvalue weighted by Crippen LogP contribution is -2.41. The summed E-state index contributed by atoms with van der Waals surface area (Å²) >= 11 is 0. The Kier molecular flexibility index (Phi) is 5.62. The minimum absolute atomic E-state index is 0.0318. The Hall–Kier alpha value is -3.43. The minimum atomic E-state index is -4.82. The predicted octanol–water partition coefficient (Wildman–Crippen LogP) is 4.69. The summed E-state index contributed by atoms with van der Waals surface area (Å²) in [6.45, 7) is 0.428. The van der Waals surface area contributed by atoms with Crippen molar-refractivity contribution in [2.45, 2.75) is 37.6 Å². The highest BCUT2D eigenvalue weighted by molar-refractivity contribution is 5.95. The fourth-order valence-corrected chi connectivity index (χ4v) is 4.18. The molecule has 2 amide bonds. The van der Waals surface area contributed by atoms with Crippen molar-refractivity contribution in [3.8, 4) is 5.75 Å². The van der Waals surface area contributed by atoms with Crippen LogP contribution in [-0.2, 0) is 9.53 Å². The molecule has 1 saturated heterocycles. The summed E-state index contributed by atoms with van der Waals surface area (Å²) in [6, 6.07) is 12.6. The van der Waals surface area contributed by atoms with Crippen LogP contribution in [0.1, 0.15) is 25.7 Å². The van der Waals surface area contributed by atoms with Crippen LogP contribution in [0, 0.1) is 5.92 Å². The van der Waals surface area contributed by atoms with E-state index in [0.29, 0.717) is 32.2 Å². The molecule has 1 aliphatic heterocycles. The van der Waals surface area contributed by atoms with Crippen LogP contribution in [0.5, 0.6) is 5.75 Å². The first-order valence-corrected chi connectivity index (χ1v) is 10.2. The molecule has 170 valence electrons. The monoisotopic (exact) mass is 449 g/mol. The van der Waals surface area contributed by atoms with Gasteiger partial charge in [-0.05, 0) is 49.9 Å². The summed E-state index contributed by atoms with van der Waals surface area (Å²) in [5.74, 6) is -1.06. The van der Waals surface area contributed by atoms with E-state index in [1.807, 2.05) is 30.3 Å². The SMILES string of the molecule is Nc1cc(OC(F)(F)F)ccc1NC(=O)C1CCC2(CC1)CN(c1ccccc1)C(=O)O2. The van der Waals surface area contributed by atoms with E-state index in [2.05, 4.69) is 10.1 Å². The van der Waals surface area contributed by atoms with Gasteiger partial charge in [0.25, 0.3) is 0 Å². The highest BCUT2D eigenvalue weighted by Crippen LogP contribution is 2.41. The Balaban J connectivity index is 1.35. The highest BCUT2D eigenvalue weighted by atomic mass is 19.4. The smallest absolute Gasteiger partial charge is 0.441 e. The van der Waals surface area contributed by atoms with Gasteiger partial charge in [-0.1, -0.05) is 18.2 Å². The molecule has 32 heavy (non-hydrogen) atoms. The standard InChI is InChI=1S/C22H22F3N3O4/c23-22(24,25)31-16-6-7-18(17(26)12-16)27-19(29)14-8-10-21(11-9-14)13-28(20(30)32-21)15-4-2-1-3-5-15/h1-7,12,14H,8-11,13,26H2,(H,27,29). The molecule has 0 radical (unpaired) electrons. The van der Waals surface area contributed by atoms with Gasteiger partial charge >= 0.3 is 12.5 Å². The van der Waals surface area contributed by atoms with E-state index in [4.69, 9.17) is 10.5 Å². The van der Waals surface area contributed by atoms with Gasteiger partial charge < -0.3 is 20.5 Å². The number of halogens is 3. The van der Waals surface area contributed by atoms with E-state index in [9.17, 15) is 22.8 Å². The van der Waals surface area contributed by atoms with E-state index in [-0.39, 0.29) is 23.2 Å². The zero-order chi connectivity index (χ0) is 22.9. The maximum Gasteiger partial charge on any atom is 0.573 e. The first kappa shape index (κ1) is 21.8. The molecule has 10 heteroatoms. The number of para-hydroxylation sites is 1. The molecule has 1 heterocycles. The quantitative estimate of drug-likeness (QED) is 0.661. The number of carbonyl (C=O) groups is 2. The molecule has 0 atom stereocenters. The number of hydrogen-bond acceptors (Lipinski definition) is 5. The van der Waals surface area contributed by atoms with Crippen molar-refractivity contribution in [2.24, 2.45) is 5.92 Å². The molecule has 2 aromatic carbocycles. The molecule has 2 aromatic rings. The van der Waals surface area contributed by atoms with Gasteiger partial charge in [0.1, 0.15) is 11.4 Å². The van der Waals surface area contributed by atoms with E-state index >= 15 is 0 Å². The molecule has 7 nitrogen and oxygen atoms in total. The lowest BCUT2D eigenvalue weighted by Gasteiger charge is -2.34. The Labute approximate surface area is 182 Å². The number of carbonyl (C=O) groups excluding carboxylic acids is 2. The summed E-state index contributed by atoms with van der Waals surface area (Å²) in [6.07, 6.45) is -3.13. The molecular formula is C22H22F3N3O4. The van der Waals surface area contributed by atoms with Crippen molar-refractivity contribution in [3.63, 3.8) is 0 Å². The summed E-state index contributed by atoms with van der Waals surface area (Å²) < 4.78 is 46.5. The van der Waals surface area contributed by atoms with Crippen molar-refractivity contribution in [2.75, 3.05) is 22.5 Å². The van der Waals surface area contributed by atoms with Crippen molar-refractivity contribution in [1.82, 2.24) is 0 Å². The average Bonchev–Trinajstić information content (AvgIpc) is 3.05. The Morgan fingerprint density at radius 2 is 1.84 bits per heavy atom. The third-order valence-corrected chi connectivity index (χ3v) is 5.82. The van der Waals surface area contributed by atoms with Gasteiger partial charge in [0.15, 0.2) is 0 Å². The molecule has 1 saturated carbocycles. The molecule has 4 rings (SSSR count). The number of hydrogen-bond donors (Lipinski definition) is 2. The maximum atomic E-state index is 12.7. The molecule has 0 unspecified atom stereocenters. The van der Waals surface area contributed by atoms with Gasteiger partial charge in [-0.25, -0.2) is 4.79 Å². The molecule has 0 bridgehead atoms. The normalized spacial score (nSPS) is 23.2. The largest absolute Gasteiger partial charge is 0.573 e. The Morgan fingerprint density at radius 3 is 2.47 bits per heavy atom. The zero-order valence-electron chi connectivity index (χ0n) is 17.0. The summed E-state index contributed by atoms with van der Waals surface area (Å²) in [5.41, 5.74) is 6.10. The third-order valence-electron chi connectivity index (χ3n) is 5.82. The van der Waals surface area contributed by atoms with Crippen molar-refractivity contribution in [3.05, 3.63) is 48.5 Å². The first-order valence-electron chi connectivity index (χ1n) is 10.2. The number of nitrogen functional groups attached to an aromatic ring is 1. The van der Waals surface area contributed by atoms with Crippen molar-refractivity contribution < 1.29 is 32.2 Å². The summed E-state index contributed by atoms with van der Waals surface area (Å²) in [7, 11) is 0. The van der Waals surface area contributed by atoms with Crippen LogP contribution in [0.4, 0.5) is 35.0 Å². The number of amides is 2. The zero-order valence-corrected chi connectivity index (χ0v) is 17.0. The van der Waals surface area contributed by atoms with Crippen LogP contribution in [-0.4, -0.2) is 30.5 Å². The number of nitrogens with one attached hydrogen (secondary N) is 1. The first-order chi connectivity index (χ1) is 15.1. The van der Waals surface area contributed by atoms with E-state index in [1.165, 1.54) is 6.07 Å². The van der Waals surface area contributed by atoms with Gasteiger partial charge in [0, 0.05) is 17.7 Å².